The first-order valence-corrected chi connectivity index (χ1v) is 9.31. The van der Waals surface area contributed by atoms with Gasteiger partial charge in [0.25, 0.3) is 0 Å². The topological polar surface area (TPSA) is 55.5 Å². The summed E-state index contributed by atoms with van der Waals surface area (Å²) in [4.78, 5) is 11.1. The van der Waals surface area contributed by atoms with E-state index in [9.17, 15) is 0 Å². The van der Waals surface area contributed by atoms with E-state index in [2.05, 4.69) is 27.0 Å². The van der Waals surface area contributed by atoms with Gasteiger partial charge in [-0.25, -0.2) is 14.5 Å². The average Bonchev–Trinajstić information content (AvgIpc) is 3.21. The van der Waals surface area contributed by atoms with Crippen molar-refractivity contribution in [3.8, 4) is 17.1 Å². The van der Waals surface area contributed by atoms with Gasteiger partial charge in [0.05, 0.1) is 18.5 Å². The standard InChI is InChI=1S/C19H22ClN5O/c1-13-5-6-15(19(20)22-13)16-12-21-17-7-8-18(23-25(16)17)26-11-9-14-4-3-10-24(14)2/h5-8,12,14H,3-4,9-11H2,1-2H3. The first-order valence-electron chi connectivity index (χ1n) is 8.93. The van der Waals surface area contributed by atoms with Crippen molar-refractivity contribution in [2.45, 2.75) is 32.2 Å². The number of nitrogens with zero attached hydrogens (tertiary/aromatic N) is 5. The van der Waals surface area contributed by atoms with Crippen molar-refractivity contribution in [2.24, 2.45) is 0 Å². The predicted molar refractivity (Wildman–Crippen MR) is 102 cm³/mol. The largest absolute Gasteiger partial charge is 0.477 e. The molecule has 7 heteroatoms. The highest BCUT2D eigenvalue weighted by Gasteiger charge is 2.20. The lowest BCUT2D eigenvalue weighted by molar-refractivity contribution is 0.227. The normalized spacial score (nSPS) is 17.9. The molecule has 0 amide bonds. The SMILES string of the molecule is Cc1ccc(-c2cnc3ccc(OCCC4CCCN4C)nn23)c(Cl)n1. The fourth-order valence-corrected chi connectivity index (χ4v) is 3.77. The first kappa shape index (κ1) is 17.2. The molecule has 1 aliphatic heterocycles. The molecule has 1 atom stereocenters. The summed E-state index contributed by atoms with van der Waals surface area (Å²) in [5.41, 5.74) is 3.24. The molecule has 1 saturated heterocycles. The Morgan fingerprint density at radius 2 is 2.15 bits per heavy atom. The van der Waals surface area contributed by atoms with Crippen molar-refractivity contribution in [1.29, 1.82) is 0 Å². The Bertz CT molecular complexity index is 925. The van der Waals surface area contributed by atoms with Crippen LogP contribution >= 0.6 is 11.6 Å². The smallest absolute Gasteiger partial charge is 0.231 e. The molecule has 4 rings (SSSR count). The molecule has 0 N–H and O–H groups in total. The Morgan fingerprint density at radius 3 is 2.92 bits per heavy atom. The molecular formula is C19H22ClN5O. The van der Waals surface area contributed by atoms with Gasteiger partial charge in [-0.3, -0.25) is 0 Å². The molecule has 1 aliphatic rings. The second kappa shape index (κ2) is 7.21. The maximum Gasteiger partial charge on any atom is 0.231 e. The average molecular weight is 372 g/mol. The van der Waals surface area contributed by atoms with Crippen molar-refractivity contribution in [3.05, 3.63) is 41.3 Å². The molecule has 0 saturated carbocycles. The Labute approximate surface area is 157 Å². The van der Waals surface area contributed by atoms with E-state index in [-0.39, 0.29) is 0 Å². The van der Waals surface area contributed by atoms with Crippen LogP contribution in [0.2, 0.25) is 5.15 Å². The third-order valence-electron chi connectivity index (χ3n) is 4.97. The third-order valence-corrected chi connectivity index (χ3v) is 5.26. The van der Waals surface area contributed by atoms with E-state index in [1.54, 1.807) is 10.7 Å². The van der Waals surface area contributed by atoms with Crippen molar-refractivity contribution in [2.75, 3.05) is 20.2 Å². The van der Waals surface area contributed by atoms with Crippen LogP contribution in [-0.4, -0.2) is 50.7 Å². The zero-order valence-electron chi connectivity index (χ0n) is 15.0. The van der Waals surface area contributed by atoms with Crippen molar-refractivity contribution < 1.29 is 4.74 Å². The van der Waals surface area contributed by atoms with Crippen LogP contribution in [-0.2, 0) is 0 Å². The highest BCUT2D eigenvalue weighted by molar-refractivity contribution is 6.32. The summed E-state index contributed by atoms with van der Waals surface area (Å²) in [6.45, 7) is 3.75. The van der Waals surface area contributed by atoms with Gasteiger partial charge in [-0.15, -0.1) is 5.10 Å². The van der Waals surface area contributed by atoms with Crippen molar-refractivity contribution >= 4 is 17.2 Å². The number of rotatable bonds is 5. The molecule has 136 valence electrons. The van der Waals surface area contributed by atoms with E-state index in [1.807, 2.05) is 31.2 Å². The lowest BCUT2D eigenvalue weighted by atomic mass is 10.1. The van der Waals surface area contributed by atoms with Gasteiger partial charge < -0.3 is 9.64 Å². The number of aryl methyl sites for hydroxylation is 1. The summed E-state index contributed by atoms with van der Waals surface area (Å²) in [6, 6.07) is 8.25. The quantitative estimate of drug-likeness (QED) is 0.641. The number of ether oxygens (including phenoxy) is 1. The molecule has 0 aliphatic carbocycles. The summed E-state index contributed by atoms with van der Waals surface area (Å²) in [7, 11) is 2.18. The molecule has 0 spiro atoms. The third kappa shape index (κ3) is 3.39. The van der Waals surface area contributed by atoms with E-state index >= 15 is 0 Å². The van der Waals surface area contributed by atoms with Gasteiger partial charge in [-0.05, 0) is 58.0 Å². The molecule has 3 aromatic heterocycles. The Hall–Kier alpha value is -2.18. The van der Waals surface area contributed by atoms with Gasteiger partial charge in [0.15, 0.2) is 5.65 Å². The van der Waals surface area contributed by atoms with Crippen LogP contribution in [0.5, 0.6) is 5.88 Å². The van der Waals surface area contributed by atoms with Gasteiger partial charge in [0.1, 0.15) is 5.15 Å². The predicted octanol–water partition coefficient (Wildman–Crippen LogP) is 3.62. The Balaban J connectivity index is 1.54. The van der Waals surface area contributed by atoms with E-state index < -0.39 is 0 Å². The molecule has 1 unspecified atom stereocenters. The molecule has 1 fully saturated rings. The lowest BCUT2D eigenvalue weighted by Gasteiger charge is -2.19. The molecule has 0 radical (unpaired) electrons. The van der Waals surface area contributed by atoms with Crippen LogP contribution in [0.15, 0.2) is 30.5 Å². The Morgan fingerprint density at radius 1 is 1.27 bits per heavy atom. The Kier molecular flexibility index (Phi) is 4.78. The minimum Gasteiger partial charge on any atom is -0.477 e. The maximum atomic E-state index is 6.32. The molecule has 26 heavy (non-hydrogen) atoms. The fraction of sp³-hybridized carbons (Fsp3) is 0.421. The first-order chi connectivity index (χ1) is 12.6. The molecule has 4 heterocycles. The van der Waals surface area contributed by atoms with Gasteiger partial charge in [0.2, 0.25) is 5.88 Å². The zero-order chi connectivity index (χ0) is 18.1. The number of fused-ring (bicyclic) bond motifs is 1. The van der Waals surface area contributed by atoms with Crippen LogP contribution < -0.4 is 4.74 Å². The van der Waals surface area contributed by atoms with E-state index in [0.29, 0.717) is 23.7 Å². The van der Waals surface area contributed by atoms with Crippen LogP contribution in [0.25, 0.3) is 16.9 Å². The number of pyridine rings is 1. The van der Waals surface area contributed by atoms with Crippen molar-refractivity contribution in [1.82, 2.24) is 24.5 Å². The van der Waals surface area contributed by atoms with Crippen molar-refractivity contribution in [3.63, 3.8) is 0 Å². The second-order valence-electron chi connectivity index (χ2n) is 6.79. The summed E-state index contributed by atoms with van der Waals surface area (Å²) in [5, 5.41) is 5.04. The number of hydrogen-bond donors (Lipinski definition) is 0. The van der Waals surface area contributed by atoms with Crippen LogP contribution in [0, 0.1) is 6.92 Å². The second-order valence-corrected chi connectivity index (χ2v) is 7.15. The number of imidazole rings is 1. The van der Waals surface area contributed by atoms with Crippen LogP contribution in [0.3, 0.4) is 0 Å². The molecule has 6 nitrogen and oxygen atoms in total. The van der Waals surface area contributed by atoms with Crippen LogP contribution in [0.4, 0.5) is 0 Å². The summed E-state index contributed by atoms with van der Waals surface area (Å²) < 4.78 is 7.66. The van der Waals surface area contributed by atoms with E-state index in [4.69, 9.17) is 16.3 Å². The van der Waals surface area contributed by atoms with Gasteiger partial charge in [0, 0.05) is 23.4 Å². The number of halogens is 1. The van der Waals surface area contributed by atoms with E-state index in [0.717, 1.165) is 29.0 Å². The number of hydrogen-bond acceptors (Lipinski definition) is 5. The van der Waals surface area contributed by atoms with Gasteiger partial charge in [-0.1, -0.05) is 11.6 Å². The molecular weight excluding hydrogens is 350 g/mol. The van der Waals surface area contributed by atoms with Crippen LogP contribution in [0.1, 0.15) is 25.0 Å². The van der Waals surface area contributed by atoms with Gasteiger partial charge >= 0.3 is 0 Å². The number of aromatic nitrogens is 4. The monoisotopic (exact) mass is 371 g/mol. The molecule has 0 bridgehead atoms. The summed E-state index contributed by atoms with van der Waals surface area (Å²) in [6.07, 6.45) is 5.30. The fourth-order valence-electron chi connectivity index (χ4n) is 3.48. The number of likely N-dealkylation sites (tertiary alicyclic amines) is 1. The lowest BCUT2D eigenvalue weighted by Crippen LogP contribution is -2.26. The van der Waals surface area contributed by atoms with Gasteiger partial charge in [-0.2, -0.15) is 0 Å². The zero-order valence-corrected chi connectivity index (χ0v) is 15.8. The minimum atomic E-state index is 0.448. The highest BCUT2D eigenvalue weighted by atomic mass is 35.5. The van der Waals surface area contributed by atoms with E-state index in [1.165, 1.54) is 19.4 Å². The summed E-state index contributed by atoms with van der Waals surface area (Å²) in [5.74, 6) is 0.591. The summed E-state index contributed by atoms with van der Waals surface area (Å²) >= 11 is 6.32. The molecule has 3 aromatic rings. The maximum absolute atomic E-state index is 6.32. The minimum absolute atomic E-state index is 0.448. The molecule has 0 aromatic carbocycles. The highest BCUT2D eigenvalue weighted by Crippen LogP contribution is 2.27.